The van der Waals surface area contributed by atoms with Crippen LogP contribution in [0.4, 0.5) is 0 Å². The van der Waals surface area contributed by atoms with Crippen molar-refractivity contribution in [3.63, 3.8) is 0 Å². The van der Waals surface area contributed by atoms with E-state index in [0.29, 0.717) is 0 Å². The van der Waals surface area contributed by atoms with Crippen LogP contribution in [0.5, 0.6) is 5.75 Å². The highest BCUT2D eigenvalue weighted by Gasteiger charge is 2.29. The number of rotatable bonds is 3. The molecule has 1 aliphatic rings. The Labute approximate surface area is 109 Å². The molecule has 0 aromatic heterocycles. The van der Waals surface area contributed by atoms with Crippen LogP contribution in [0.25, 0.3) is 6.08 Å². The Hall–Kier alpha value is -2.56. The molecule has 0 fully saturated rings. The first-order chi connectivity index (χ1) is 9.10. The average Bonchev–Trinajstić information content (AvgIpc) is 2.41. The monoisotopic (exact) mass is 260 g/mol. The highest BCUT2D eigenvalue weighted by atomic mass is 16.6. The number of cyclic esters (lactones) is 1. The van der Waals surface area contributed by atoms with Crippen molar-refractivity contribution in [2.24, 2.45) is 0 Å². The van der Waals surface area contributed by atoms with Gasteiger partial charge in [0, 0.05) is 6.08 Å². The minimum atomic E-state index is -0.931. The molecule has 1 aliphatic heterocycles. The Kier molecular flexibility index (Phi) is 3.66. The van der Waals surface area contributed by atoms with E-state index in [1.807, 2.05) is 0 Å². The van der Waals surface area contributed by atoms with Crippen LogP contribution in [0, 0.1) is 0 Å². The highest BCUT2D eigenvalue weighted by molar-refractivity contribution is 6.40. The smallest absolute Gasteiger partial charge is 0.383 e. The molecule has 1 atom stereocenters. The molecule has 1 N–H and O–H groups in total. The van der Waals surface area contributed by atoms with Crippen LogP contribution in [0.2, 0.25) is 0 Å². The van der Waals surface area contributed by atoms with Crippen LogP contribution in [0.15, 0.2) is 42.2 Å². The molecule has 1 aromatic rings. The molecule has 1 aromatic carbocycles. The minimum Gasteiger partial charge on any atom is -0.508 e. The summed E-state index contributed by atoms with van der Waals surface area (Å²) in [6.45, 7) is 0. The number of phenols is 1. The van der Waals surface area contributed by atoms with Crippen molar-refractivity contribution >= 4 is 17.8 Å². The Morgan fingerprint density at radius 1 is 1.26 bits per heavy atom. The van der Waals surface area contributed by atoms with E-state index >= 15 is 0 Å². The lowest BCUT2D eigenvalue weighted by Gasteiger charge is -2.16. The van der Waals surface area contributed by atoms with E-state index < -0.39 is 17.9 Å². The van der Waals surface area contributed by atoms with Gasteiger partial charge in [-0.25, -0.2) is 4.79 Å². The first-order valence-corrected chi connectivity index (χ1v) is 5.58. The van der Waals surface area contributed by atoms with Crippen LogP contribution >= 0.6 is 0 Å². The van der Waals surface area contributed by atoms with Gasteiger partial charge >= 0.3 is 11.8 Å². The van der Waals surface area contributed by atoms with Gasteiger partial charge in [0.25, 0.3) is 0 Å². The van der Waals surface area contributed by atoms with Gasteiger partial charge in [-0.05, 0) is 23.8 Å². The van der Waals surface area contributed by atoms with Gasteiger partial charge in [-0.3, -0.25) is 4.79 Å². The first kappa shape index (κ1) is 12.9. The maximum atomic E-state index is 11.3. The van der Waals surface area contributed by atoms with Gasteiger partial charge in [-0.2, -0.15) is 0 Å². The summed E-state index contributed by atoms with van der Waals surface area (Å²) in [6.07, 6.45) is 4.13. The second kappa shape index (κ2) is 5.39. The highest BCUT2D eigenvalue weighted by Crippen LogP contribution is 2.15. The van der Waals surface area contributed by atoms with Crippen molar-refractivity contribution in [1.29, 1.82) is 0 Å². The normalized spacial score (nSPS) is 19.2. The van der Waals surface area contributed by atoms with Gasteiger partial charge in [0.2, 0.25) is 0 Å². The zero-order valence-electron chi connectivity index (χ0n) is 10.2. The molecule has 0 saturated carbocycles. The number of ketones is 1. The van der Waals surface area contributed by atoms with Crippen LogP contribution in [-0.2, 0) is 19.1 Å². The SMILES string of the molecule is COC1=CC(C=Cc2ccc(O)cc2)OC(=O)C1=O. The van der Waals surface area contributed by atoms with E-state index in [1.54, 1.807) is 36.4 Å². The van der Waals surface area contributed by atoms with E-state index in [-0.39, 0.29) is 11.5 Å². The van der Waals surface area contributed by atoms with Crippen molar-refractivity contribution in [3.8, 4) is 5.75 Å². The van der Waals surface area contributed by atoms with E-state index in [2.05, 4.69) is 0 Å². The van der Waals surface area contributed by atoms with Gasteiger partial charge in [0.1, 0.15) is 11.9 Å². The predicted octanol–water partition coefficient (Wildman–Crippen LogP) is 1.43. The summed E-state index contributed by atoms with van der Waals surface area (Å²) in [4.78, 5) is 22.6. The van der Waals surface area contributed by atoms with E-state index in [4.69, 9.17) is 14.6 Å². The number of carbonyl (C=O) groups is 2. The lowest BCUT2D eigenvalue weighted by atomic mass is 10.1. The van der Waals surface area contributed by atoms with Crippen molar-refractivity contribution in [1.82, 2.24) is 0 Å². The molecule has 98 valence electrons. The van der Waals surface area contributed by atoms with Crippen LogP contribution in [-0.4, -0.2) is 30.1 Å². The lowest BCUT2D eigenvalue weighted by Crippen LogP contribution is -2.30. The molecule has 5 heteroatoms. The van der Waals surface area contributed by atoms with Crippen molar-refractivity contribution in [3.05, 3.63) is 47.7 Å². The second-order valence-electron chi connectivity index (χ2n) is 3.88. The molecule has 0 spiro atoms. The fourth-order valence-electron chi connectivity index (χ4n) is 1.58. The summed E-state index contributed by atoms with van der Waals surface area (Å²) in [5.74, 6) is -1.55. The molecule has 1 heterocycles. The van der Waals surface area contributed by atoms with Gasteiger partial charge in [0.15, 0.2) is 5.76 Å². The molecule has 0 saturated heterocycles. The molecule has 19 heavy (non-hydrogen) atoms. The van der Waals surface area contributed by atoms with E-state index in [1.165, 1.54) is 13.2 Å². The van der Waals surface area contributed by atoms with E-state index in [0.717, 1.165) is 5.56 Å². The number of benzene rings is 1. The zero-order chi connectivity index (χ0) is 13.8. The number of ether oxygens (including phenoxy) is 2. The number of esters is 1. The number of carbonyl (C=O) groups excluding carboxylic acids is 2. The number of hydrogen-bond acceptors (Lipinski definition) is 5. The van der Waals surface area contributed by atoms with Gasteiger partial charge in [-0.15, -0.1) is 0 Å². The van der Waals surface area contributed by atoms with Crippen molar-refractivity contribution < 1.29 is 24.2 Å². The van der Waals surface area contributed by atoms with Crippen molar-refractivity contribution in [2.75, 3.05) is 7.11 Å². The molecular formula is C14H12O5. The topological polar surface area (TPSA) is 72.8 Å². The molecule has 2 rings (SSSR count). The first-order valence-electron chi connectivity index (χ1n) is 5.58. The second-order valence-corrected chi connectivity index (χ2v) is 3.88. The third-order valence-electron chi connectivity index (χ3n) is 2.56. The summed E-state index contributed by atoms with van der Waals surface area (Å²) in [5, 5.41) is 9.15. The number of Topliss-reactive ketones (excluding diaryl/α,β-unsaturated/α-hetero) is 1. The summed E-state index contributed by atoms with van der Waals surface area (Å²) in [7, 11) is 1.32. The van der Waals surface area contributed by atoms with Gasteiger partial charge in [-0.1, -0.05) is 18.2 Å². The molecule has 0 bridgehead atoms. The van der Waals surface area contributed by atoms with Crippen molar-refractivity contribution in [2.45, 2.75) is 6.10 Å². The molecule has 0 aliphatic carbocycles. The van der Waals surface area contributed by atoms with Gasteiger partial charge < -0.3 is 14.6 Å². The Balaban J connectivity index is 2.15. The predicted molar refractivity (Wildman–Crippen MR) is 67.1 cm³/mol. The zero-order valence-corrected chi connectivity index (χ0v) is 10.2. The summed E-state index contributed by atoms with van der Waals surface area (Å²) >= 11 is 0. The molecule has 0 radical (unpaired) electrons. The fourth-order valence-corrected chi connectivity index (χ4v) is 1.58. The fraction of sp³-hybridized carbons (Fsp3) is 0.143. The quantitative estimate of drug-likeness (QED) is 0.657. The Morgan fingerprint density at radius 3 is 2.58 bits per heavy atom. The third-order valence-corrected chi connectivity index (χ3v) is 2.56. The third kappa shape index (κ3) is 3.01. The number of aromatic hydroxyl groups is 1. The molecule has 1 unspecified atom stereocenters. The largest absolute Gasteiger partial charge is 0.508 e. The summed E-state index contributed by atoms with van der Waals surface area (Å²) in [6, 6.07) is 6.52. The average molecular weight is 260 g/mol. The molecule has 5 nitrogen and oxygen atoms in total. The lowest BCUT2D eigenvalue weighted by molar-refractivity contribution is -0.156. The number of methoxy groups -OCH3 is 1. The summed E-state index contributed by atoms with van der Waals surface area (Å²) in [5.41, 5.74) is 0.832. The summed E-state index contributed by atoms with van der Waals surface area (Å²) < 4.78 is 9.71. The van der Waals surface area contributed by atoms with Gasteiger partial charge in [0.05, 0.1) is 7.11 Å². The maximum Gasteiger partial charge on any atom is 0.383 e. The number of phenolic OH excluding ortho intramolecular Hbond substituents is 1. The van der Waals surface area contributed by atoms with Crippen LogP contribution in [0.1, 0.15) is 5.56 Å². The minimum absolute atomic E-state index is 0.0170. The van der Waals surface area contributed by atoms with E-state index in [9.17, 15) is 9.59 Å². The molecule has 0 amide bonds. The maximum absolute atomic E-state index is 11.3. The Morgan fingerprint density at radius 2 is 1.95 bits per heavy atom. The standard InChI is InChI=1S/C14H12O5/c1-18-12-8-11(19-14(17)13(12)16)7-4-9-2-5-10(15)6-3-9/h2-8,11,15H,1H3. The Bertz CT molecular complexity index is 554. The number of hydrogen-bond donors (Lipinski definition) is 1. The van der Waals surface area contributed by atoms with Crippen LogP contribution < -0.4 is 0 Å². The molecular weight excluding hydrogens is 248 g/mol. The van der Waals surface area contributed by atoms with Crippen LogP contribution in [0.3, 0.4) is 0 Å².